The number of rotatable bonds is 11. The van der Waals surface area contributed by atoms with E-state index in [2.05, 4.69) is 43.7 Å². The summed E-state index contributed by atoms with van der Waals surface area (Å²) in [6.07, 6.45) is 5.05. The van der Waals surface area contributed by atoms with Gasteiger partial charge in [0, 0.05) is 27.2 Å². The molecule has 0 unspecified atom stereocenters. The Labute approximate surface area is 172 Å². The zero-order valence-corrected chi connectivity index (χ0v) is 17.2. The number of likely N-dealkylation sites (tertiary alicyclic amines) is 1. The van der Waals surface area contributed by atoms with E-state index < -0.39 is 0 Å². The highest BCUT2D eigenvalue weighted by atomic mass is 16.5. The second-order valence-corrected chi connectivity index (χ2v) is 7.14. The van der Waals surface area contributed by atoms with Gasteiger partial charge in [-0.15, -0.1) is 0 Å². The van der Waals surface area contributed by atoms with Crippen molar-refractivity contribution >= 4 is 23.9 Å². The molecule has 2 aromatic rings. The molecule has 0 spiro atoms. The van der Waals surface area contributed by atoms with E-state index in [4.69, 9.17) is 4.74 Å². The SMILES string of the molecule is CNc1cnc(NCCOC)nc1N(C=O)Cc1cccc(CN2CCCC2)c1. The lowest BCUT2D eigenvalue weighted by molar-refractivity contribution is -0.107. The van der Waals surface area contributed by atoms with Crippen molar-refractivity contribution in [3.05, 3.63) is 41.6 Å². The smallest absolute Gasteiger partial charge is 0.224 e. The molecule has 156 valence electrons. The van der Waals surface area contributed by atoms with Gasteiger partial charge in [0.05, 0.1) is 25.0 Å². The maximum atomic E-state index is 11.9. The standard InChI is InChI=1S/C21H30N6O2/c1-22-19-13-24-21(23-8-11-29-2)25-20(19)27(16-28)15-18-7-5-6-17(12-18)14-26-9-3-4-10-26/h5-7,12-13,16,22H,3-4,8-11,14-15H2,1-2H3,(H,23,24,25). The maximum absolute atomic E-state index is 11.9. The van der Waals surface area contributed by atoms with Gasteiger partial charge in [0.25, 0.3) is 0 Å². The van der Waals surface area contributed by atoms with Crippen molar-refractivity contribution in [2.45, 2.75) is 25.9 Å². The van der Waals surface area contributed by atoms with Crippen LogP contribution in [0.15, 0.2) is 30.5 Å². The van der Waals surface area contributed by atoms with Gasteiger partial charge in [-0.05, 0) is 37.1 Å². The second-order valence-electron chi connectivity index (χ2n) is 7.14. The van der Waals surface area contributed by atoms with Gasteiger partial charge in [-0.3, -0.25) is 14.6 Å². The summed E-state index contributed by atoms with van der Waals surface area (Å²) < 4.78 is 5.04. The van der Waals surface area contributed by atoms with Crippen LogP contribution in [0.1, 0.15) is 24.0 Å². The Morgan fingerprint density at radius 2 is 2.07 bits per heavy atom. The number of methoxy groups -OCH3 is 1. The molecule has 1 aromatic carbocycles. The highest BCUT2D eigenvalue weighted by Crippen LogP contribution is 2.24. The van der Waals surface area contributed by atoms with Crippen LogP contribution < -0.4 is 15.5 Å². The molecule has 8 heteroatoms. The molecule has 3 rings (SSSR count). The van der Waals surface area contributed by atoms with Crippen LogP contribution in [0, 0.1) is 0 Å². The zero-order valence-electron chi connectivity index (χ0n) is 17.2. The largest absolute Gasteiger partial charge is 0.384 e. The summed E-state index contributed by atoms with van der Waals surface area (Å²) in [6.45, 7) is 4.87. The Bertz CT molecular complexity index is 794. The number of carbonyl (C=O) groups is 1. The van der Waals surface area contributed by atoms with Crippen LogP contribution in [-0.4, -0.2) is 61.7 Å². The van der Waals surface area contributed by atoms with E-state index in [1.165, 1.54) is 18.4 Å². The number of nitrogens with zero attached hydrogens (tertiary/aromatic N) is 4. The Morgan fingerprint density at radius 3 is 2.79 bits per heavy atom. The molecule has 0 atom stereocenters. The number of hydrogen-bond acceptors (Lipinski definition) is 7. The fourth-order valence-electron chi connectivity index (χ4n) is 3.50. The molecule has 2 N–H and O–H groups in total. The summed E-state index contributed by atoms with van der Waals surface area (Å²) in [6, 6.07) is 8.42. The predicted molar refractivity (Wildman–Crippen MR) is 115 cm³/mol. The van der Waals surface area contributed by atoms with Crippen molar-refractivity contribution < 1.29 is 9.53 Å². The molecule has 1 aromatic heterocycles. The Hall–Kier alpha value is -2.71. The van der Waals surface area contributed by atoms with Gasteiger partial charge in [-0.2, -0.15) is 4.98 Å². The van der Waals surface area contributed by atoms with Gasteiger partial charge in [-0.1, -0.05) is 24.3 Å². The van der Waals surface area contributed by atoms with Gasteiger partial charge in [0.2, 0.25) is 12.4 Å². The third-order valence-corrected chi connectivity index (χ3v) is 4.98. The molecule has 1 fully saturated rings. The molecule has 29 heavy (non-hydrogen) atoms. The molecule has 1 aliphatic rings. The minimum atomic E-state index is 0.445. The Balaban J connectivity index is 1.75. The Kier molecular flexibility index (Phi) is 7.77. The van der Waals surface area contributed by atoms with E-state index in [1.807, 2.05) is 6.07 Å². The quantitative estimate of drug-likeness (QED) is 0.444. The number of hydrogen-bond donors (Lipinski definition) is 2. The first-order valence-corrected chi connectivity index (χ1v) is 10.0. The van der Waals surface area contributed by atoms with Crippen LogP contribution in [0.25, 0.3) is 0 Å². The van der Waals surface area contributed by atoms with Gasteiger partial charge in [0.15, 0.2) is 5.82 Å². The van der Waals surface area contributed by atoms with Crippen molar-refractivity contribution in [1.29, 1.82) is 0 Å². The molecule has 1 saturated heterocycles. The van der Waals surface area contributed by atoms with Crippen LogP contribution in [0.2, 0.25) is 0 Å². The fourth-order valence-corrected chi connectivity index (χ4v) is 3.50. The maximum Gasteiger partial charge on any atom is 0.224 e. The van der Waals surface area contributed by atoms with Crippen LogP contribution in [0.5, 0.6) is 0 Å². The fraction of sp³-hybridized carbons (Fsp3) is 0.476. The van der Waals surface area contributed by atoms with Crippen LogP contribution >= 0.6 is 0 Å². The second kappa shape index (κ2) is 10.7. The number of amides is 1. The van der Waals surface area contributed by atoms with E-state index in [9.17, 15) is 4.79 Å². The molecular formula is C21H30N6O2. The summed E-state index contributed by atoms with van der Waals surface area (Å²) in [5.41, 5.74) is 3.04. The van der Waals surface area contributed by atoms with Crippen LogP contribution in [-0.2, 0) is 22.6 Å². The van der Waals surface area contributed by atoms with Crippen molar-refractivity contribution in [2.24, 2.45) is 0 Å². The molecule has 8 nitrogen and oxygen atoms in total. The van der Waals surface area contributed by atoms with E-state index in [1.54, 1.807) is 25.3 Å². The topological polar surface area (TPSA) is 82.6 Å². The highest BCUT2D eigenvalue weighted by molar-refractivity contribution is 5.81. The minimum Gasteiger partial charge on any atom is -0.384 e. The lowest BCUT2D eigenvalue weighted by Gasteiger charge is -2.21. The van der Waals surface area contributed by atoms with Gasteiger partial charge >= 0.3 is 0 Å². The van der Waals surface area contributed by atoms with E-state index in [0.717, 1.165) is 31.6 Å². The number of ether oxygens (including phenoxy) is 1. The van der Waals surface area contributed by atoms with Crippen molar-refractivity contribution in [3.63, 3.8) is 0 Å². The first-order valence-electron chi connectivity index (χ1n) is 10.0. The normalized spacial score (nSPS) is 14.0. The average molecular weight is 399 g/mol. The van der Waals surface area contributed by atoms with Crippen LogP contribution in [0.4, 0.5) is 17.5 Å². The first kappa shape index (κ1) is 21.0. The van der Waals surface area contributed by atoms with Crippen molar-refractivity contribution in [2.75, 3.05) is 55.9 Å². The number of nitrogens with one attached hydrogen (secondary N) is 2. The monoisotopic (exact) mass is 398 g/mol. The molecule has 0 saturated carbocycles. The van der Waals surface area contributed by atoms with Crippen molar-refractivity contribution in [3.8, 4) is 0 Å². The minimum absolute atomic E-state index is 0.445. The molecule has 0 aliphatic carbocycles. The van der Waals surface area contributed by atoms with Gasteiger partial charge < -0.3 is 15.4 Å². The summed E-state index contributed by atoms with van der Waals surface area (Å²) >= 11 is 0. The summed E-state index contributed by atoms with van der Waals surface area (Å²) in [7, 11) is 3.43. The van der Waals surface area contributed by atoms with Gasteiger partial charge in [0.1, 0.15) is 0 Å². The number of carbonyl (C=O) groups excluding carboxylic acids is 1. The van der Waals surface area contributed by atoms with Gasteiger partial charge in [-0.25, -0.2) is 4.98 Å². The third kappa shape index (κ3) is 5.88. The average Bonchev–Trinajstić information content (AvgIpc) is 3.25. The molecule has 1 amide bonds. The lowest BCUT2D eigenvalue weighted by atomic mass is 10.1. The van der Waals surface area contributed by atoms with E-state index >= 15 is 0 Å². The molecular weight excluding hydrogens is 368 g/mol. The number of anilines is 3. The van der Waals surface area contributed by atoms with Crippen molar-refractivity contribution in [1.82, 2.24) is 14.9 Å². The first-order chi connectivity index (χ1) is 14.2. The molecule has 0 radical (unpaired) electrons. The molecule has 0 bridgehead atoms. The summed E-state index contributed by atoms with van der Waals surface area (Å²) in [4.78, 5) is 24.8. The molecule has 1 aliphatic heterocycles. The Morgan fingerprint density at radius 1 is 1.28 bits per heavy atom. The third-order valence-electron chi connectivity index (χ3n) is 4.98. The van der Waals surface area contributed by atoms with E-state index in [-0.39, 0.29) is 0 Å². The lowest BCUT2D eigenvalue weighted by Crippen LogP contribution is -2.24. The highest BCUT2D eigenvalue weighted by Gasteiger charge is 2.16. The number of aromatic nitrogens is 2. The summed E-state index contributed by atoms with van der Waals surface area (Å²) in [5, 5.41) is 6.17. The number of benzene rings is 1. The summed E-state index contributed by atoms with van der Waals surface area (Å²) in [5.74, 6) is 1.01. The predicted octanol–water partition coefficient (Wildman–Crippen LogP) is 2.34. The zero-order chi connectivity index (χ0) is 20.5. The molecule has 2 heterocycles. The van der Waals surface area contributed by atoms with E-state index in [0.29, 0.717) is 37.1 Å². The van der Waals surface area contributed by atoms with Crippen LogP contribution in [0.3, 0.4) is 0 Å².